The third kappa shape index (κ3) is 7.39. The molecule has 0 bridgehead atoms. The highest BCUT2D eigenvalue weighted by atomic mass is 35.5. The monoisotopic (exact) mass is 578 g/mol. The summed E-state index contributed by atoms with van der Waals surface area (Å²) in [4.78, 5) is 49.2. The summed E-state index contributed by atoms with van der Waals surface area (Å²) in [6, 6.07) is 12.5. The van der Waals surface area contributed by atoms with Gasteiger partial charge < -0.3 is 26.0 Å². The molecule has 4 N–H and O–H groups in total. The van der Waals surface area contributed by atoms with Crippen LogP contribution in [-0.4, -0.2) is 70.9 Å². The molecule has 2 amide bonds. The predicted octanol–water partition coefficient (Wildman–Crippen LogP) is 3.11. The van der Waals surface area contributed by atoms with Gasteiger partial charge in [0.15, 0.2) is 5.78 Å². The summed E-state index contributed by atoms with van der Waals surface area (Å²) >= 11 is 0. The summed E-state index contributed by atoms with van der Waals surface area (Å²) in [5.41, 5.74) is 2.22. The highest BCUT2D eigenvalue weighted by Crippen LogP contribution is 2.28. The molecule has 2 aromatic carbocycles. The Labute approximate surface area is 245 Å². The Bertz CT molecular complexity index is 1350. The van der Waals surface area contributed by atoms with Crippen LogP contribution in [0.25, 0.3) is 0 Å². The number of carbonyl (C=O) groups is 3. The first-order valence-electron chi connectivity index (χ1n) is 13.8. The Kier molecular flexibility index (Phi) is 10.3. The smallest absolute Gasteiger partial charge is 0.270 e. The molecular formula is C30H35ClN6O4. The molecule has 11 heteroatoms. The average Bonchev–Trinajstić information content (AvgIpc) is 3.22. The molecule has 41 heavy (non-hydrogen) atoms. The summed E-state index contributed by atoms with van der Waals surface area (Å²) in [5, 5.41) is 19.8. The second-order valence-corrected chi connectivity index (χ2v) is 10.3. The van der Waals surface area contributed by atoms with E-state index in [0.717, 1.165) is 44.6 Å². The van der Waals surface area contributed by atoms with Gasteiger partial charge in [0.2, 0.25) is 0 Å². The Morgan fingerprint density at radius 1 is 0.878 bits per heavy atom. The number of nitrogens with zero attached hydrogens (tertiary/aromatic N) is 3. The molecule has 0 saturated carbocycles. The van der Waals surface area contributed by atoms with E-state index in [9.17, 15) is 19.5 Å². The van der Waals surface area contributed by atoms with Gasteiger partial charge >= 0.3 is 0 Å². The van der Waals surface area contributed by atoms with Crippen LogP contribution in [0.5, 0.6) is 5.75 Å². The van der Waals surface area contributed by atoms with E-state index in [-0.39, 0.29) is 59.1 Å². The first-order valence-corrected chi connectivity index (χ1v) is 13.8. The minimum atomic E-state index is -0.329. The van der Waals surface area contributed by atoms with Gasteiger partial charge in [0.1, 0.15) is 17.8 Å². The lowest BCUT2D eigenvalue weighted by Gasteiger charge is -2.29. The topological polar surface area (TPSA) is 137 Å². The molecule has 2 aliphatic heterocycles. The van der Waals surface area contributed by atoms with Gasteiger partial charge in [0.05, 0.1) is 17.6 Å². The molecule has 0 radical (unpaired) electrons. The number of phenols is 1. The minimum Gasteiger partial charge on any atom is -0.507 e. The first kappa shape index (κ1) is 30.0. The summed E-state index contributed by atoms with van der Waals surface area (Å²) in [6.45, 7) is 3.17. The van der Waals surface area contributed by atoms with Crippen LogP contribution in [-0.2, 0) is 0 Å². The van der Waals surface area contributed by atoms with E-state index in [4.69, 9.17) is 0 Å². The SMILES string of the molecule is Cl.O=C(N[C@@H]1CCCNC[C@H]1NC(=O)c1ccncn1)c1ccc(C(=O)c2cc(N3CCCCC3)ccc2O)cc1. The third-order valence-electron chi connectivity index (χ3n) is 7.52. The molecular weight excluding hydrogens is 544 g/mol. The molecule has 5 rings (SSSR count). The average molecular weight is 579 g/mol. The fourth-order valence-electron chi connectivity index (χ4n) is 5.27. The molecule has 216 valence electrons. The quantitative estimate of drug-likeness (QED) is 0.314. The number of halogens is 1. The maximum Gasteiger partial charge on any atom is 0.270 e. The highest BCUT2D eigenvalue weighted by Gasteiger charge is 2.28. The molecule has 0 spiro atoms. The van der Waals surface area contributed by atoms with Gasteiger partial charge in [-0.25, -0.2) is 9.97 Å². The van der Waals surface area contributed by atoms with Crippen LogP contribution in [0.1, 0.15) is 68.9 Å². The number of hydrogen-bond donors (Lipinski definition) is 4. The van der Waals surface area contributed by atoms with Crippen molar-refractivity contribution in [1.82, 2.24) is 25.9 Å². The first-order chi connectivity index (χ1) is 19.5. The number of rotatable bonds is 7. The highest BCUT2D eigenvalue weighted by molar-refractivity contribution is 6.11. The van der Waals surface area contributed by atoms with E-state index >= 15 is 0 Å². The number of nitrogens with one attached hydrogen (secondary N) is 3. The van der Waals surface area contributed by atoms with E-state index < -0.39 is 0 Å². The molecule has 2 saturated heterocycles. The van der Waals surface area contributed by atoms with Gasteiger partial charge in [-0.2, -0.15) is 0 Å². The van der Waals surface area contributed by atoms with Gasteiger partial charge in [0, 0.05) is 42.6 Å². The van der Waals surface area contributed by atoms with Gasteiger partial charge in [-0.15, -0.1) is 12.4 Å². The molecule has 1 aromatic heterocycles. The number of ketones is 1. The number of aromatic hydroxyl groups is 1. The van der Waals surface area contributed by atoms with Crippen molar-refractivity contribution in [3.63, 3.8) is 0 Å². The van der Waals surface area contributed by atoms with Crippen molar-refractivity contribution >= 4 is 35.7 Å². The van der Waals surface area contributed by atoms with Crippen LogP contribution < -0.4 is 20.9 Å². The number of hydrogen-bond acceptors (Lipinski definition) is 8. The van der Waals surface area contributed by atoms with E-state index in [0.29, 0.717) is 24.1 Å². The van der Waals surface area contributed by atoms with E-state index in [1.165, 1.54) is 18.9 Å². The Morgan fingerprint density at radius 3 is 2.34 bits per heavy atom. The number of amides is 2. The number of benzene rings is 2. The van der Waals surface area contributed by atoms with Crippen LogP contribution in [0, 0.1) is 0 Å². The van der Waals surface area contributed by atoms with Gasteiger partial charge in [0.25, 0.3) is 11.8 Å². The summed E-state index contributed by atoms with van der Waals surface area (Å²) < 4.78 is 0. The van der Waals surface area contributed by atoms with Gasteiger partial charge in [-0.05, 0) is 75.0 Å². The van der Waals surface area contributed by atoms with Crippen molar-refractivity contribution < 1.29 is 19.5 Å². The van der Waals surface area contributed by atoms with Crippen molar-refractivity contribution in [3.8, 4) is 5.75 Å². The second-order valence-electron chi connectivity index (χ2n) is 10.3. The van der Waals surface area contributed by atoms with Gasteiger partial charge in [-0.1, -0.05) is 12.1 Å². The fraction of sp³-hybridized carbons (Fsp3) is 0.367. The Morgan fingerprint density at radius 2 is 1.61 bits per heavy atom. The van der Waals surface area contributed by atoms with Crippen LogP contribution >= 0.6 is 12.4 Å². The molecule has 0 unspecified atom stereocenters. The van der Waals surface area contributed by atoms with Crippen molar-refractivity contribution in [2.75, 3.05) is 31.1 Å². The number of carbonyl (C=O) groups excluding carboxylic acids is 3. The molecule has 3 heterocycles. The zero-order valence-electron chi connectivity index (χ0n) is 22.7. The van der Waals surface area contributed by atoms with Crippen molar-refractivity contribution in [2.45, 2.75) is 44.2 Å². The second kappa shape index (κ2) is 14.0. The lowest BCUT2D eigenvalue weighted by Crippen LogP contribution is -2.54. The number of piperidine rings is 1. The number of phenolic OH excluding ortho intramolecular Hbond substituents is 1. The Balaban J connectivity index is 0.00000387. The van der Waals surface area contributed by atoms with Crippen LogP contribution in [0.2, 0.25) is 0 Å². The van der Waals surface area contributed by atoms with E-state index in [2.05, 4.69) is 30.8 Å². The largest absolute Gasteiger partial charge is 0.507 e. The van der Waals surface area contributed by atoms with E-state index in [1.807, 2.05) is 6.07 Å². The zero-order valence-corrected chi connectivity index (χ0v) is 23.5. The van der Waals surface area contributed by atoms with Crippen molar-refractivity contribution in [2.24, 2.45) is 0 Å². The predicted molar refractivity (Wildman–Crippen MR) is 158 cm³/mol. The summed E-state index contributed by atoms with van der Waals surface area (Å²) in [5.74, 6) is -0.983. The molecule has 3 aromatic rings. The summed E-state index contributed by atoms with van der Waals surface area (Å²) in [6.07, 6.45) is 7.79. The van der Waals surface area contributed by atoms with Crippen LogP contribution in [0.4, 0.5) is 5.69 Å². The third-order valence-corrected chi connectivity index (χ3v) is 7.52. The minimum absolute atomic E-state index is 0. The molecule has 2 aliphatic rings. The lowest BCUT2D eigenvalue weighted by molar-refractivity contribution is 0.0880. The summed E-state index contributed by atoms with van der Waals surface area (Å²) in [7, 11) is 0. The van der Waals surface area contributed by atoms with Crippen molar-refractivity contribution in [1.29, 1.82) is 0 Å². The van der Waals surface area contributed by atoms with Gasteiger partial charge in [-0.3, -0.25) is 14.4 Å². The lowest BCUT2D eigenvalue weighted by atomic mass is 9.99. The van der Waals surface area contributed by atoms with Crippen LogP contribution in [0.15, 0.2) is 61.1 Å². The fourth-order valence-corrected chi connectivity index (χ4v) is 5.27. The molecule has 10 nitrogen and oxygen atoms in total. The number of anilines is 1. The maximum absolute atomic E-state index is 13.3. The standard InChI is InChI=1S/C30H34N6O4.ClH/c37-27-11-10-22(36-15-2-1-3-16-36)17-23(27)28(38)20-6-8-21(9-7-20)29(39)34-24-5-4-13-31-18-26(24)35-30(40)25-12-14-32-19-33-25;/h6-12,14,17,19,24,26,31,37H,1-5,13,15-16,18H2,(H,34,39)(H,35,40);1H/t24-,26-;/m1./s1. The van der Waals surface area contributed by atoms with Crippen LogP contribution in [0.3, 0.4) is 0 Å². The molecule has 2 atom stereocenters. The number of aromatic nitrogens is 2. The maximum atomic E-state index is 13.3. The molecule has 2 fully saturated rings. The Hall–Kier alpha value is -4.02. The normalized spacial score (nSPS) is 18.9. The van der Waals surface area contributed by atoms with Crippen molar-refractivity contribution in [3.05, 3.63) is 83.4 Å². The molecule has 0 aliphatic carbocycles. The van der Waals surface area contributed by atoms with E-state index in [1.54, 1.807) is 42.5 Å². The zero-order chi connectivity index (χ0) is 27.9.